The minimum absolute atomic E-state index is 0.735. The fourth-order valence-electron chi connectivity index (χ4n) is 5.08. The van der Waals surface area contributed by atoms with Gasteiger partial charge >= 0.3 is 0 Å². The first kappa shape index (κ1) is 38.6. The summed E-state index contributed by atoms with van der Waals surface area (Å²) in [5, 5.41) is 151. The van der Waals surface area contributed by atoms with E-state index in [0.717, 1.165) is 0 Å². The van der Waals surface area contributed by atoms with Crippen molar-refractivity contribution in [3.63, 3.8) is 0 Å². The van der Waals surface area contributed by atoms with Crippen LogP contribution >= 0.6 is 0 Å². The molecule has 21 heteroatoms. The molecule has 3 fully saturated rings. The Bertz CT molecular complexity index is 884. The van der Waals surface area contributed by atoms with Crippen LogP contribution in [0.2, 0.25) is 0 Å². The molecule has 0 bridgehead atoms. The Hall–Kier alpha value is -0.840. The predicted octanol–water partition coefficient (Wildman–Crippen LogP) is -10.1. The van der Waals surface area contributed by atoms with Crippen LogP contribution in [0.25, 0.3) is 0 Å². The largest absolute Gasteiger partial charge is 0.394 e. The van der Waals surface area contributed by atoms with Crippen LogP contribution in [0.4, 0.5) is 0 Å². The lowest BCUT2D eigenvalue weighted by Gasteiger charge is -2.41. The van der Waals surface area contributed by atoms with E-state index in [1.807, 2.05) is 0 Å². The zero-order chi connectivity index (χ0) is 33.8. The van der Waals surface area contributed by atoms with Crippen molar-refractivity contribution < 1.29 is 105 Å². The molecular formula is C24H44O21. The summed E-state index contributed by atoms with van der Waals surface area (Å²) in [5.74, 6) is -2.66. The second kappa shape index (κ2) is 16.5. The minimum atomic E-state index is -2.66. The highest BCUT2D eigenvalue weighted by molar-refractivity contribution is 4.99. The normalized spacial score (nSPS) is 45.3. The molecule has 15 N–H and O–H groups in total. The first-order valence-electron chi connectivity index (χ1n) is 14.0. The molecular weight excluding hydrogens is 624 g/mol. The molecule has 3 aliphatic heterocycles. The number of rotatable bonds is 15. The van der Waals surface area contributed by atoms with Gasteiger partial charge in [-0.3, -0.25) is 0 Å². The summed E-state index contributed by atoms with van der Waals surface area (Å²) in [6, 6.07) is 0. The predicted molar refractivity (Wildman–Crippen MR) is 136 cm³/mol. The quantitative estimate of drug-likeness (QED) is 0.0770. The van der Waals surface area contributed by atoms with Crippen LogP contribution in [0.5, 0.6) is 0 Å². The Morgan fingerprint density at radius 3 is 1.58 bits per heavy atom. The van der Waals surface area contributed by atoms with Crippen molar-refractivity contribution in [1.82, 2.24) is 0 Å². The van der Waals surface area contributed by atoms with E-state index in [1.165, 1.54) is 0 Å². The van der Waals surface area contributed by atoms with Gasteiger partial charge in [0.05, 0.1) is 33.0 Å². The summed E-state index contributed by atoms with van der Waals surface area (Å²) in [7, 11) is 0. The van der Waals surface area contributed by atoms with Crippen LogP contribution in [-0.4, -0.2) is 226 Å². The van der Waals surface area contributed by atoms with Gasteiger partial charge in [0.15, 0.2) is 12.6 Å². The van der Waals surface area contributed by atoms with Gasteiger partial charge in [0.1, 0.15) is 98.2 Å². The highest BCUT2D eigenvalue weighted by Crippen LogP contribution is 2.36. The third kappa shape index (κ3) is 8.25. The van der Waals surface area contributed by atoms with Gasteiger partial charge < -0.3 is 105 Å². The van der Waals surface area contributed by atoms with Crippen molar-refractivity contribution in [2.45, 2.75) is 110 Å². The monoisotopic (exact) mass is 668 g/mol. The van der Waals surface area contributed by atoms with Crippen LogP contribution in [-0.2, 0) is 28.4 Å². The summed E-state index contributed by atoms with van der Waals surface area (Å²) >= 11 is 0. The molecule has 0 amide bonds. The van der Waals surface area contributed by atoms with E-state index < -0.39 is 150 Å². The second-order valence-corrected chi connectivity index (χ2v) is 11.0. The van der Waals surface area contributed by atoms with Gasteiger partial charge in [-0.25, -0.2) is 0 Å². The van der Waals surface area contributed by atoms with Crippen LogP contribution in [0.3, 0.4) is 0 Å². The molecule has 0 aromatic carbocycles. The summed E-state index contributed by atoms with van der Waals surface area (Å²) in [5.41, 5.74) is 0. The third-order valence-electron chi connectivity index (χ3n) is 7.91. The lowest BCUT2D eigenvalue weighted by molar-refractivity contribution is -0.336. The Morgan fingerprint density at radius 1 is 0.600 bits per heavy atom. The maximum atomic E-state index is 10.9. The van der Waals surface area contributed by atoms with Gasteiger partial charge in [0.2, 0.25) is 5.79 Å². The molecule has 6 unspecified atom stereocenters. The van der Waals surface area contributed by atoms with E-state index in [4.69, 9.17) is 28.4 Å². The van der Waals surface area contributed by atoms with E-state index in [0.29, 0.717) is 0 Å². The molecule has 0 radical (unpaired) electrons. The zero-order valence-electron chi connectivity index (χ0n) is 23.7. The van der Waals surface area contributed by atoms with Crippen LogP contribution in [0.1, 0.15) is 0 Å². The first-order chi connectivity index (χ1) is 21.2. The van der Waals surface area contributed by atoms with Crippen LogP contribution < -0.4 is 0 Å². The summed E-state index contributed by atoms with van der Waals surface area (Å²) in [4.78, 5) is 0. The molecule has 0 aliphatic carbocycles. The number of hydrogen-bond acceptors (Lipinski definition) is 21. The molecule has 18 atom stereocenters. The van der Waals surface area contributed by atoms with Crippen molar-refractivity contribution in [3.05, 3.63) is 0 Å². The fourth-order valence-corrected chi connectivity index (χ4v) is 5.08. The first-order valence-corrected chi connectivity index (χ1v) is 14.0. The topological polar surface area (TPSA) is 359 Å². The molecule has 21 nitrogen and oxygen atoms in total. The summed E-state index contributed by atoms with van der Waals surface area (Å²) in [6.45, 7) is -5.57. The number of aliphatic hydroxyl groups is 15. The van der Waals surface area contributed by atoms with Crippen molar-refractivity contribution >= 4 is 0 Å². The van der Waals surface area contributed by atoms with Crippen molar-refractivity contribution in [2.24, 2.45) is 0 Å². The molecule has 3 heterocycles. The maximum absolute atomic E-state index is 10.9. The van der Waals surface area contributed by atoms with Gasteiger partial charge in [-0.2, -0.15) is 0 Å². The van der Waals surface area contributed by atoms with E-state index in [1.54, 1.807) is 0 Å². The molecule has 0 spiro atoms. The molecule has 0 aromatic heterocycles. The van der Waals surface area contributed by atoms with Crippen molar-refractivity contribution in [2.75, 3.05) is 39.6 Å². The highest BCUT2D eigenvalue weighted by Gasteiger charge is 2.58. The maximum Gasteiger partial charge on any atom is 0.222 e. The molecule has 3 rings (SSSR count). The van der Waals surface area contributed by atoms with E-state index in [9.17, 15) is 76.6 Å². The molecule has 45 heavy (non-hydrogen) atoms. The van der Waals surface area contributed by atoms with E-state index in [2.05, 4.69) is 0 Å². The average molecular weight is 669 g/mol. The van der Waals surface area contributed by atoms with Crippen molar-refractivity contribution in [3.8, 4) is 0 Å². The van der Waals surface area contributed by atoms with Crippen LogP contribution in [0.15, 0.2) is 0 Å². The molecule has 0 saturated carbocycles. The minimum Gasteiger partial charge on any atom is -0.394 e. The zero-order valence-corrected chi connectivity index (χ0v) is 23.7. The molecule has 0 aromatic rings. The fraction of sp³-hybridized carbons (Fsp3) is 1.00. The lowest BCUT2D eigenvalue weighted by atomic mass is 9.99. The Labute approximate surface area is 255 Å². The number of hydrogen-bond donors (Lipinski definition) is 15. The lowest BCUT2D eigenvalue weighted by Crippen LogP contribution is -2.60. The van der Waals surface area contributed by atoms with Crippen molar-refractivity contribution in [1.29, 1.82) is 0 Å². The Kier molecular flexibility index (Phi) is 14.2. The molecule has 3 aliphatic rings. The Balaban J connectivity index is 1.73. The summed E-state index contributed by atoms with van der Waals surface area (Å²) in [6.07, 6.45) is -30.9. The second-order valence-electron chi connectivity index (χ2n) is 11.0. The van der Waals surface area contributed by atoms with Crippen LogP contribution in [0, 0.1) is 0 Å². The Morgan fingerprint density at radius 2 is 1.11 bits per heavy atom. The number of ether oxygens (including phenoxy) is 6. The standard InChI is InChI=1S/C24H44O21/c25-1-7(29)12(31)20(8(30)4-40-22-18(37)16(35)13(32)9(2-26)42-22)45-24(6-28)21(39)15(34)11(44-24)5-41-23-19(38)17(36)14(33)10(3-27)43-23/h7-23,25-39H,1-6H2/t7?,8-,9?,10?,11-,12-,13-,14+,15+,16?,17+,18-,19?,20-,21?,22+,23-,24+/m1/s1. The van der Waals surface area contributed by atoms with Gasteiger partial charge in [-0.1, -0.05) is 0 Å². The van der Waals surface area contributed by atoms with E-state index >= 15 is 0 Å². The molecule has 266 valence electrons. The van der Waals surface area contributed by atoms with Gasteiger partial charge in [0.25, 0.3) is 0 Å². The average Bonchev–Trinajstić information content (AvgIpc) is 3.28. The summed E-state index contributed by atoms with van der Waals surface area (Å²) < 4.78 is 31.9. The van der Waals surface area contributed by atoms with E-state index in [-0.39, 0.29) is 0 Å². The SMILES string of the molecule is OCC1O[C@H](OC[C@@H](O)[C@@H](O[C@]2(CO)O[C@H](CO[C@@H]3OC(CO)[C@H](O)[C@H](O)C3O)[C@H](O)C2O)[C@H](O)C(O)CO)[C@H](O)C(O)[C@@H]1O. The third-order valence-corrected chi connectivity index (χ3v) is 7.91. The number of aliphatic hydroxyl groups excluding tert-OH is 15. The van der Waals surface area contributed by atoms with Gasteiger partial charge in [-0.05, 0) is 0 Å². The van der Waals surface area contributed by atoms with Gasteiger partial charge in [0, 0.05) is 0 Å². The molecule has 3 saturated heterocycles. The highest BCUT2D eigenvalue weighted by atomic mass is 16.8. The van der Waals surface area contributed by atoms with Gasteiger partial charge in [-0.15, -0.1) is 0 Å². The smallest absolute Gasteiger partial charge is 0.222 e.